The van der Waals surface area contributed by atoms with Gasteiger partial charge in [0.25, 0.3) is 0 Å². The summed E-state index contributed by atoms with van der Waals surface area (Å²) >= 11 is 0. The van der Waals surface area contributed by atoms with Crippen LogP contribution in [0.4, 0.5) is 4.39 Å². The van der Waals surface area contributed by atoms with E-state index in [1.54, 1.807) is 6.07 Å². The van der Waals surface area contributed by atoms with Crippen LogP contribution >= 0.6 is 0 Å². The highest BCUT2D eigenvalue weighted by atomic mass is 19.1. The monoisotopic (exact) mass is 280 g/mol. The maximum Gasteiger partial charge on any atom is 0.123 e. The fourth-order valence-corrected chi connectivity index (χ4v) is 3.02. The minimum absolute atomic E-state index is 0.275. The number of likely N-dealkylation sites (tertiary alicyclic amines) is 1. The van der Waals surface area contributed by atoms with Crippen molar-refractivity contribution in [3.8, 4) is 6.07 Å². The van der Waals surface area contributed by atoms with Crippen LogP contribution < -0.4 is 0 Å². The minimum atomic E-state index is -0.275. The molecule has 1 unspecified atom stereocenters. The van der Waals surface area contributed by atoms with Gasteiger partial charge in [0.05, 0.1) is 11.6 Å². The van der Waals surface area contributed by atoms with Crippen LogP contribution in [-0.4, -0.2) is 18.0 Å². The van der Waals surface area contributed by atoms with Gasteiger partial charge in [-0.15, -0.1) is 0 Å². The lowest BCUT2D eigenvalue weighted by Crippen LogP contribution is -2.20. The first-order chi connectivity index (χ1) is 10.3. The Morgan fingerprint density at radius 2 is 2.00 bits per heavy atom. The molecule has 2 nitrogen and oxygen atoms in total. The second-order valence-corrected chi connectivity index (χ2v) is 5.54. The second kappa shape index (κ2) is 6.07. The van der Waals surface area contributed by atoms with Crippen molar-refractivity contribution in [3.05, 3.63) is 71.0 Å². The molecule has 2 aromatic rings. The predicted molar refractivity (Wildman–Crippen MR) is 80.2 cm³/mol. The van der Waals surface area contributed by atoms with Gasteiger partial charge < -0.3 is 0 Å². The zero-order chi connectivity index (χ0) is 14.7. The molecular weight excluding hydrogens is 263 g/mol. The van der Waals surface area contributed by atoms with E-state index in [4.69, 9.17) is 5.26 Å². The number of nitriles is 1. The summed E-state index contributed by atoms with van der Waals surface area (Å²) in [6.07, 6.45) is 1.11. The van der Waals surface area contributed by atoms with Crippen LogP contribution in [0.25, 0.3) is 0 Å². The van der Waals surface area contributed by atoms with Crippen LogP contribution in [0.3, 0.4) is 0 Å². The van der Waals surface area contributed by atoms with Crippen molar-refractivity contribution in [2.45, 2.75) is 18.9 Å². The third kappa shape index (κ3) is 3.12. The van der Waals surface area contributed by atoms with E-state index in [2.05, 4.69) is 35.2 Å². The zero-order valence-corrected chi connectivity index (χ0v) is 11.8. The van der Waals surface area contributed by atoms with Gasteiger partial charge in [-0.2, -0.15) is 5.26 Å². The molecule has 2 aromatic carbocycles. The van der Waals surface area contributed by atoms with E-state index in [0.717, 1.165) is 25.1 Å². The smallest absolute Gasteiger partial charge is 0.123 e. The Bertz CT molecular complexity index is 661. The molecular formula is C18H17FN2. The fraction of sp³-hybridized carbons (Fsp3) is 0.278. The van der Waals surface area contributed by atoms with Gasteiger partial charge in [0.1, 0.15) is 5.82 Å². The quantitative estimate of drug-likeness (QED) is 0.857. The molecule has 0 N–H and O–H groups in total. The van der Waals surface area contributed by atoms with E-state index in [0.29, 0.717) is 18.0 Å². The molecule has 1 aliphatic heterocycles. The molecule has 1 saturated heterocycles. The minimum Gasteiger partial charge on any atom is -0.298 e. The summed E-state index contributed by atoms with van der Waals surface area (Å²) in [6, 6.07) is 17.0. The average molecular weight is 280 g/mol. The Labute approximate surface area is 124 Å². The summed E-state index contributed by atoms with van der Waals surface area (Å²) < 4.78 is 13.4. The molecule has 21 heavy (non-hydrogen) atoms. The Kier molecular flexibility index (Phi) is 3.98. The summed E-state index contributed by atoms with van der Waals surface area (Å²) in [7, 11) is 0. The highest BCUT2D eigenvalue weighted by Crippen LogP contribution is 2.28. The third-order valence-electron chi connectivity index (χ3n) is 4.13. The molecule has 1 atom stereocenters. The van der Waals surface area contributed by atoms with Gasteiger partial charge in [0.15, 0.2) is 0 Å². The molecule has 0 aliphatic carbocycles. The molecule has 0 saturated carbocycles. The van der Waals surface area contributed by atoms with Gasteiger partial charge in [-0.1, -0.05) is 30.3 Å². The van der Waals surface area contributed by atoms with Crippen LogP contribution in [0.15, 0.2) is 48.5 Å². The molecule has 0 aromatic heterocycles. The van der Waals surface area contributed by atoms with Crippen molar-refractivity contribution in [1.29, 1.82) is 5.26 Å². The lowest BCUT2D eigenvalue weighted by Gasteiger charge is -2.17. The summed E-state index contributed by atoms with van der Waals surface area (Å²) in [5, 5.41) is 9.12. The standard InChI is InChI=1S/C18H17FN2/c19-18-7-6-15(11-20)17(10-18)13-21-9-8-16(12-21)14-4-2-1-3-5-14/h1-7,10,16H,8-9,12-13H2. The maximum absolute atomic E-state index is 13.4. The largest absolute Gasteiger partial charge is 0.298 e. The van der Waals surface area contributed by atoms with Crippen LogP contribution in [0.1, 0.15) is 29.0 Å². The zero-order valence-electron chi connectivity index (χ0n) is 11.8. The Morgan fingerprint density at radius 3 is 2.76 bits per heavy atom. The van der Waals surface area contributed by atoms with Crippen molar-refractivity contribution in [1.82, 2.24) is 4.90 Å². The van der Waals surface area contributed by atoms with Gasteiger partial charge in [-0.25, -0.2) is 4.39 Å². The molecule has 1 fully saturated rings. The molecule has 3 heteroatoms. The molecule has 0 amide bonds. The number of hydrogen-bond donors (Lipinski definition) is 0. The summed E-state index contributed by atoms with van der Waals surface area (Å²) in [5.41, 5.74) is 2.71. The molecule has 1 aliphatic rings. The summed E-state index contributed by atoms with van der Waals surface area (Å²) in [4.78, 5) is 2.30. The molecule has 106 valence electrons. The molecule has 0 spiro atoms. The summed E-state index contributed by atoms with van der Waals surface area (Å²) in [5.74, 6) is 0.258. The Balaban J connectivity index is 1.71. The molecule has 0 radical (unpaired) electrons. The van der Waals surface area contributed by atoms with Gasteiger partial charge in [-0.3, -0.25) is 4.90 Å². The van der Waals surface area contributed by atoms with Gasteiger partial charge in [0, 0.05) is 13.1 Å². The topological polar surface area (TPSA) is 27.0 Å². The lowest BCUT2D eigenvalue weighted by atomic mass is 9.99. The van der Waals surface area contributed by atoms with Crippen molar-refractivity contribution < 1.29 is 4.39 Å². The predicted octanol–water partition coefficient (Wildman–Crippen LogP) is 3.69. The number of nitrogens with zero attached hydrogens (tertiary/aromatic N) is 2. The third-order valence-corrected chi connectivity index (χ3v) is 4.13. The SMILES string of the molecule is N#Cc1ccc(F)cc1CN1CCC(c2ccccc2)C1. The van der Waals surface area contributed by atoms with Gasteiger partial charge in [0.2, 0.25) is 0 Å². The first-order valence-electron chi connectivity index (χ1n) is 7.22. The number of rotatable bonds is 3. The van der Waals surface area contributed by atoms with Crippen molar-refractivity contribution in [2.24, 2.45) is 0 Å². The van der Waals surface area contributed by atoms with Crippen LogP contribution in [0.2, 0.25) is 0 Å². The normalized spacial score (nSPS) is 18.6. The highest BCUT2D eigenvalue weighted by Gasteiger charge is 2.24. The molecule has 3 rings (SSSR count). The number of halogens is 1. The highest BCUT2D eigenvalue weighted by molar-refractivity contribution is 5.38. The molecule has 0 bridgehead atoms. The average Bonchev–Trinajstić information content (AvgIpc) is 2.97. The van der Waals surface area contributed by atoms with Crippen LogP contribution in [0.5, 0.6) is 0 Å². The van der Waals surface area contributed by atoms with Gasteiger partial charge >= 0.3 is 0 Å². The second-order valence-electron chi connectivity index (χ2n) is 5.54. The van der Waals surface area contributed by atoms with Gasteiger partial charge in [-0.05, 0) is 48.2 Å². The first kappa shape index (κ1) is 13.8. The van der Waals surface area contributed by atoms with Crippen LogP contribution in [-0.2, 0) is 6.54 Å². The lowest BCUT2D eigenvalue weighted by molar-refractivity contribution is 0.326. The Morgan fingerprint density at radius 1 is 1.19 bits per heavy atom. The van der Waals surface area contributed by atoms with E-state index < -0.39 is 0 Å². The first-order valence-corrected chi connectivity index (χ1v) is 7.22. The van der Waals surface area contributed by atoms with E-state index >= 15 is 0 Å². The number of hydrogen-bond acceptors (Lipinski definition) is 2. The fourth-order valence-electron chi connectivity index (χ4n) is 3.02. The van der Waals surface area contributed by atoms with E-state index in [-0.39, 0.29) is 5.82 Å². The van der Waals surface area contributed by atoms with E-state index in [1.165, 1.54) is 17.7 Å². The van der Waals surface area contributed by atoms with Crippen molar-refractivity contribution in [2.75, 3.05) is 13.1 Å². The van der Waals surface area contributed by atoms with Crippen molar-refractivity contribution in [3.63, 3.8) is 0 Å². The van der Waals surface area contributed by atoms with Crippen LogP contribution in [0, 0.1) is 17.1 Å². The Hall–Kier alpha value is -2.18. The maximum atomic E-state index is 13.4. The van der Waals surface area contributed by atoms with E-state index in [1.807, 2.05) is 6.07 Å². The molecule has 1 heterocycles. The number of benzene rings is 2. The van der Waals surface area contributed by atoms with Crippen molar-refractivity contribution >= 4 is 0 Å². The summed E-state index contributed by atoms with van der Waals surface area (Å²) in [6.45, 7) is 2.59. The van der Waals surface area contributed by atoms with E-state index in [9.17, 15) is 4.39 Å².